The highest BCUT2D eigenvalue weighted by Crippen LogP contribution is 2.25. The molecular formula is C22H25FN2O5. The van der Waals surface area contributed by atoms with E-state index in [4.69, 9.17) is 9.15 Å². The van der Waals surface area contributed by atoms with Crippen molar-refractivity contribution in [1.82, 2.24) is 10.6 Å². The van der Waals surface area contributed by atoms with E-state index < -0.39 is 17.8 Å². The number of nitrogens with one attached hydrogen (secondary N) is 2. The van der Waals surface area contributed by atoms with Crippen molar-refractivity contribution >= 4 is 11.8 Å². The Bertz CT molecular complexity index is 957. The summed E-state index contributed by atoms with van der Waals surface area (Å²) in [7, 11) is 0. The van der Waals surface area contributed by atoms with Crippen molar-refractivity contribution in [3.05, 3.63) is 58.3 Å². The molecule has 7 nitrogen and oxygen atoms in total. The number of furan rings is 1. The first-order valence-corrected chi connectivity index (χ1v) is 10.2. The van der Waals surface area contributed by atoms with E-state index >= 15 is 0 Å². The number of hydrogen-bond acceptors (Lipinski definition) is 5. The van der Waals surface area contributed by atoms with Crippen LogP contribution >= 0.6 is 0 Å². The molecule has 1 fully saturated rings. The van der Waals surface area contributed by atoms with Gasteiger partial charge in [-0.3, -0.25) is 9.59 Å². The summed E-state index contributed by atoms with van der Waals surface area (Å²) in [4.78, 5) is 25.3. The highest BCUT2D eigenvalue weighted by molar-refractivity contribution is 5.93. The molecule has 30 heavy (non-hydrogen) atoms. The zero-order valence-electron chi connectivity index (χ0n) is 16.7. The monoisotopic (exact) mass is 416 g/mol. The largest absolute Gasteiger partial charge is 0.459 e. The summed E-state index contributed by atoms with van der Waals surface area (Å²) in [6, 6.07) is 3.34. The Balaban J connectivity index is 1.40. The van der Waals surface area contributed by atoms with Crippen LogP contribution in [0.4, 0.5) is 4.39 Å². The van der Waals surface area contributed by atoms with Crippen molar-refractivity contribution in [3.63, 3.8) is 0 Å². The van der Waals surface area contributed by atoms with Crippen LogP contribution in [0.15, 0.2) is 28.9 Å². The van der Waals surface area contributed by atoms with Crippen LogP contribution in [0.25, 0.3) is 0 Å². The molecule has 1 aromatic heterocycles. The van der Waals surface area contributed by atoms with Gasteiger partial charge in [0.2, 0.25) is 0 Å². The molecule has 0 bridgehead atoms. The molecule has 0 spiro atoms. The zero-order valence-corrected chi connectivity index (χ0v) is 16.7. The Morgan fingerprint density at radius 3 is 2.77 bits per heavy atom. The van der Waals surface area contributed by atoms with E-state index in [2.05, 4.69) is 10.6 Å². The van der Waals surface area contributed by atoms with Gasteiger partial charge in [0, 0.05) is 29.6 Å². The van der Waals surface area contributed by atoms with Gasteiger partial charge < -0.3 is 24.9 Å². The molecule has 2 heterocycles. The Kier molecular flexibility index (Phi) is 5.87. The SMILES string of the molecule is Cc1cc(F)ccc1C(O)C(=O)N[C@@H]1CCC[C@H]1NC(=O)c1occ2c1CCOC2. The maximum Gasteiger partial charge on any atom is 0.287 e. The second-order valence-electron chi connectivity index (χ2n) is 7.90. The van der Waals surface area contributed by atoms with Gasteiger partial charge in [0.25, 0.3) is 11.8 Å². The Morgan fingerprint density at radius 2 is 2.00 bits per heavy atom. The molecule has 2 aliphatic rings. The summed E-state index contributed by atoms with van der Waals surface area (Å²) in [5, 5.41) is 16.2. The van der Waals surface area contributed by atoms with Gasteiger partial charge in [-0.05, 0) is 49.4 Å². The number of hydrogen-bond donors (Lipinski definition) is 3. The fourth-order valence-corrected chi connectivity index (χ4v) is 4.25. The Labute approximate surface area is 173 Å². The van der Waals surface area contributed by atoms with Crippen LogP contribution in [0.1, 0.15) is 58.2 Å². The average Bonchev–Trinajstić information content (AvgIpc) is 3.34. The van der Waals surface area contributed by atoms with E-state index in [0.29, 0.717) is 49.4 Å². The number of carbonyl (C=O) groups excluding carboxylic acids is 2. The van der Waals surface area contributed by atoms with Gasteiger partial charge in [0.1, 0.15) is 5.82 Å². The van der Waals surface area contributed by atoms with Crippen LogP contribution in [0.3, 0.4) is 0 Å². The number of ether oxygens (including phenoxy) is 1. The lowest BCUT2D eigenvalue weighted by Crippen LogP contribution is -2.49. The minimum Gasteiger partial charge on any atom is -0.459 e. The van der Waals surface area contributed by atoms with Crippen molar-refractivity contribution in [2.45, 2.75) is 57.4 Å². The first-order valence-electron chi connectivity index (χ1n) is 10.2. The molecule has 0 radical (unpaired) electrons. The summed E-state index contributed by atoms with van der Waals surface area (Å²) in [5.41, 5.74) is 2.62. The fraction of sp³-hybridized carbons (Fsp3) is 0.455. The molecule has 1 unspecified atom stereocenters. The van der Waals surface area contributed by atoms with Gasteiger partial charge in [0.15, 0.2) is 11.9 Å². The van der Waals surface area contributed by atoms with Crippen LogP contribution in [0, 0.1) is 12.7 Å². The summed E-state index contributed by atoms with van der Waals surface area (Å²) >= 11 is 0. The number of rotatable bonds is 5. The van der Waals surface area contributed by atoms with Gasteiger partial charge in [0.05, 0.1) is 19.5 Å². The molecule has 160 valence electrons. The first-order chi connectivity index (χ1) is 14.4. The number of carbonyl (C=O) groups is 2. The maximum atomic E-state index is 13.3. The van der Waals surface area contributed by atoms with Crippen LogP contribution in [-0.2, 0) is 22.6 Å². The van der Waals surface area contributed by atoms with Gasteiger partial charge in [-0.1, -0.05) is 6.07 Å². The number of aliphatic hydroxyl groups excluding tert-OH is 1. The summed E-state index contributed by atoms with van der Waals surface area (Å²) in [6.07, 6.45) is 3.02. The average molecular weight is 416 g/mol. The number of aryl methyl sites for hydroxylation is 1. The lowest BCUT2D eigenvalue weighted by Gasteiger charge is -2.24. The van der Waals surface area contributed by atoms with E-state index in [0.717, 1.165) is 17.5 Å². The standard InChI is InChI=1S/C22H25FN2O5/c1-12-9-14(23)5-6-15(12)19(26)21(27)24-17-3-2-4-18(17)25-22(28)20-16-7-8-29-10-13(16)11-30-20/h5-6,9,11,17-19,26H,2-4,7-8,10H2,1H3,(H,24,27)(H,25,28)/t17-,18-,19?/m1/s1. The van der Waals surface area contributed by atoms with E-state index in [1.54, 1.807) is 13.2 Å². The van der Waals surface area contributed by atoms with Crippen molar-refractivity contribution in [2.24, 2.45) is 0 Å². The van der Waals surface area contributed by atoms with Crippen LogP contribution in [0.2, 0.25) is 0 Å². The van der Waals surface area contributed by atoms with Gasteiger partial charge >= 0.3 is 0 Å². The summed E-state index contributed by atoms with van der Waals surface area (Å²) in [5.74, 6) is -0.996. The Hall–Kier alpha value is -2.71. The normalized spacial score (nSPS) is 21.7. The van der Waals surface area contributed by atoms with Gasteiger partial charge in [-0.15, -0.1) is 0 Å². The van der Waals surface area contributed by atoms with Gasteiger partial charge in [-0.25, -0.2) is 4.39 Å². The molecule has 2 aromatic rings. The van der Waals surface area contributed by atoms with Crippen LogP contribution in [-0.4, -0.2) is 35.6 Å². The summed E-state index contributed by atoms with van der Waals surface area (Å²) < 4.78 is 24.1. The quantitative estimate of drug-likeness (QED) is 0.694. The molecule has 2 amide bonds. The van der Waals surface area contributed by atoms with Crippen LogP contribution in [0.5, 0.6) is 0 Å². The fourth-order valence-electron chi connectivity index (χ4n) is 4.25. The number of benzene rings is 1. The third kappa shape index (κ3) is 4.11. The molecule has 1 saturated carbocycles. The van der Waals surface area contributed by atoms with E-state index in [9.17, 15) is 19.1 Å². The molecular weight excluding hydrogens is 391 g/mol. The van der Waals surface area contributed by atoms with Crippen molar-refractivity contribution in [3.8, 4) is 0 Å². The minimum absolute atomic E-state index is 0.261. The first kappa shape index (κ1) is 20.6. The number of aliphatic hydroxyl groups is 1. The molecule has 1 aliphatic carbocycles. The second-order valence-corrected chi connectivity index (χ2v) is 7.90. The lowest BCUT2D eigenvalue weighted by molar-refractivity contribution is -0.130. The molecule has 4 rings (SSSR count). The third-order valence-electron chi connectivity index (χ3n) is 5.88. The number of amides is 2. The van der Waals surface area contributed by atoms with E-state index in [1.807, 2.05) is 0 Å². The van der Waals surface area contributed by atoms with Gasteiger partial charge in [-0.2, -0.15) is 0 Å². The molecule has 1 aliphatic heterocycles. The highest BCUT2D eigenvalue weighted by atomic mass is 19.1. The molecule has 0 saturated heterocycles. The summed E-state index contributed by atoms with van der Waals surface area (Å²) in [6.45, 7) is 2.63. The molecule has 3 atom stereocenters. The smallest absolute Gasteiger partial charge is 0.287 e. The van der Waals surface area contributed by atoms with Crippen molar-refractivity contribution in [2.75, 3.05) is 6.61 Å². The lowest BCUT2D eigenvalue weighted by atomic mass is 10.0. The minimum atomic E-state index is -1.40. The number of halogens is 1. The highest BCUT2D eigenvalue weighted by Gasteiger charge is 2.33. The predicted molar refractivity (Wildman–Crippen MR) is 105 cm³/mol. The maximum absolute atomic E-state index is 13.3. The topological polar surface area (TPSA) is 101 Å². The Morgan fingerprint density at radius 1 is 1.23 bits per heavy atom. The van der Waals surface area contributed by atoms with Crippen molar-refractivity contribution in [1.29, 1.82) is 0 Å². The van der Waals surface area contributed by atoms with Crippen LogP contribution < -0.4 is 10.6 Å². The molecule has 8 heteroatoms. The van der Waals surface area contributed by atoms with E-state index in [1.165, 1.54) is 18.2 Å². The zero-order chi connectivity index (χ0) is 21.3. The number of fused-ring (bicyclic) bond motifs is 1. The molecule has 3 N–H and O–H groups in total. The van der Waals surface area contributed by atoms with Crippen molar-refractivity contribution < 1.29 is 28.2 Å². The van der Waals surface area contributed by atoms with E-state index in [-0.39, 0.29) is 18.0 Å². The molecule has 1 aromatic carbocycles. The predicted octanol–water partition coefficient (Wildman–Crippen LogP) is 2.30. The third-order valence-corrected chi connectivity index (χ3v) is 5.88. The second kappa shape index (κ2) is 8.57.